The molecule has 1 aromatic carbocycles. The van der Waals surface area contributed by atoms with Gasteiger partial charge in [0.1, 0.15) is 11.5 Å². The van der Waals surface area contributed by atoms with Gasteiger partial charge in [-0.25, -0.2) is 0 Å². The van der Waals surface area contributed by atoms with E-state index in [9.17, 15) is 0 Å². The Labute approximate surface area is 124 Å². The summed E-state index contributed by atoms with van der Waals surface area (Å²) >= 11 is 0. The van der Waals surface area contributed by atoms with Crippen LogP contribution in [0.2, 0.25) is 0 Å². The van der Waals surface area contributed by atoms with Gasteiger partial charge in [-0.15, -0.1) is 0 Å². The van der Waals surface area contributed by atoms with Crippen molar-refractivity contribution in [2.24, 2.45) is 5.92 Å². The van der Waals surface area contributed by atoms with Gasteiger partial charge in [0.05, 0.1) is 14.2 Å². The normalized spacial score (nSPS) is 11.8. The molecule has 0 aliphatic heterocycles. The molecule has 0 heterocycles. The molecule has 0 N–H and O–H groups in total. The first-order valence-electron chi connectivity index (χ1n) is 7.55. The molecule has 2 heteroatoms. The van der Waals surface area contributed by atoms with Gasteiger partial charge in [-0.1, -0.05) is 40.5 Å². The summed E-state index contributed by atoms with van der Waals surface area (Å²) in [4.78, 5) is 0. The lowest BCUT2D eigenvalue weighted by Crippen LogP contribution is -2.18. The number of hydrogen-bond donors (Lipinski definition) is 0. The molecule has 0 unspecified atom stereocenters. The van der Waals surface area contributed by atoms with Crippen LogP contribution in [0.15, 0.2) is 12.1 Å². The summed E-state index contributed by atoms with van der Waals surface area (Å²) in [6.45, 7) is 11.2. The molecule has 0 aromatic heterocycles. The van der Waals surface area contributed by atoms with Crippen LogP contribution in [-0.4, -0.2) is 14.2 Å². The Hall–Kier alpha value is -1.18. The second-order valence-corrected chi connectivity index (χ2v) is 6.68. The van der Waals surface area contributed by atoms with E-state index in [0.717, 1.165) is 23.0 Å². The van der Waals surface area contributed by atoms with Crippen molar-refractivity contribution in [1.29, 1.82) is 0 Å². The molecule has 0 aliphatic rings. The van der Waals surface area contributed by atoms with Crippen LogP contribution < -0.4 is 9.47 Å². The van der Waals surface area contributed by atoms with Crippen LogP contribution in [0.5, 0.6) is 11.5 Å². The summed E-state index contributed by atoms with van der Waals surface area (Å²) < 4.78 is 11.0. The third-order valence-electron chi connectivity index (χ3n) is 4.12. The highest BCUT2D eigenvalue weighted by Crippen LogP contribution is 2.37. The first-order valence-corrected chi connectivity index (χ1v) is 7.55. The van der Waals surface area contributed by atoms with Crippen molar-refractivity contribution in [1.82, 2.24) is 0 Å². The lowest BCUT2D eigenvalue weighted by atomic mass is 9.79. The molecular weight excluding hydrogens is 248 g/mol. The maximum atomic E-state index is 5.49. The second kappa shape index (κ2) is 7.01. The highest BCUT2D eigenvalue weighted by molar-refractivity contribution is 5.49. The molecule has 0 aliphatic carbocycles. The van der Waals surface area contributed by atoms with Gasteiger partial charge >= 0.3 is 0 Å². The quantitative estimate of drug-likeness (QED) is 0.689. The minimum Gasteiger partial charge on any atom is -0.496 e. The fraction of sp³-hybridized carbons (Fsp3) is 0.667. The third-order valence-corrected chi connectivity index (χ3v) is 4.12. The van der Waals surface area contributed by atoms with Gasteiger partial charge in [-0.2, -0.15) is 0 Å². The molecular formula is C18H30O2. The lowest BCUT2D eigenvalue weighted by molar-refractivity contribution is 0.379. The summed E-state index contributed by atoms with van der Waals surface area (Å²) in [6, 6.07) is 4.32. The Balaban J connectivity index is 2.98. The maximum absolute atomic E-state index is 5.49. The molecule has 114 valence electrons. The summed E-state index contributed by atoms with van der Waals surface area (Å²) in [5.41, 5.74) is 2.50. The number of ether oxygens (including phenoxy) is 2. The highest BCUT2D eigenvalue weighted by atomic mass is 16.5. The smallest absolute Gasteiger partial charge is 0.125 e. The fourth-order valence-electron chi connectivity index (χ4n) is 2.57. The molecule has 2 nitrogen and oxygen atoms in total. The Bertz CT molecular complexity index is 408. The Morgan fingerprint density at radius 1 is 1.05 bits per heavy atom. The van der Waals surface area contributed by atoms with Crippen LogP contribution in [0.25, 0.3) is 0 Å². The van der Waals surface area contributed by atoms with E-state index in [-0.39, 0.29) is 5.41 Å². The maximum Gasteiger partial charge on any atom is 0.125 e. The highest BCUT2D eigenvalue weighted by Gasteiger charge is 2.23. The zero-order valence-corrected chi connectivity index (χ0v) is 14.2. The van der Waals surface area contributed by atoms with Gasteiger partial charge in [-0.3, -0.25) is 0 Å². The predicted octanol–water partition coefficient (Wildman–Crippen LogP) is 5.12. The summed E-state index contributed by atoms with van der Waals surface area (Å²) in [5, 5.41) is 0. The number of rotatable bonds is 7. The molecule has 0 radical (unpaired) electrons. The molecule has 0 atom stereocenters. The topological polar surface area (TPSA) is 18.5 Å². The van der Waals surface area contributed by atoms with E-state index in [0.29, 0.717) is 0 Å². The Kier molecular flexibility index (Phi) is 5.91. The van der Waals surface area contributed by atoms with E-state index in [4.69, 9.17) is 9.47 Å². The van der Waals surface area contributed by atoms with Crippen molar-refractivity contribution in [3.05, 3.63) is 23.3 Å². The van der Waals surface area contributed by atoms with Crippen LogP contribution in [0.1, 0.15) is 58.1 Å². The number of methoxy groups -OCH3 is 2. The summed E-state index contributed by atoms with van der Waals surface area (Å²) in [5.74, 6) is 2.60. The van der Waals surface area contributed by atoms with Crippen LogP contribution in [0.3, 0.4) is 0 Å². The van der Waals surface area contributed by atoms with Crippen molar-refractivity contribution in [3.63, 3.8) is 0 Å². The monoisotopic (exact) mass is 278 g/mol. The SMILES string of the molecule is COc1cc(C(C)(C)CCCC(C)C)cc(OC)c1C. The lowest BCUT2D eigenvalue weighted by Gasteiger charge is -2.27. The van der Waals surface area contributed by atoms with Gasteiger partial charge in [0, 0.05) is 5.56 Å². The Morgan fingerprint density at radius 2 is 1.55 bits per heavy atom. The van der Waals surface area contributed by atoms with Crippen LogP contribution >= 0.6 is 0 Å². The fourth-order valence-corrected chi connectivity index (χ4v) is 2.57. The third kappa shape index (κ3) is 4.16. The average Bonchev–Trinajstić information content (AvgIpc) is 2.38. The van der Waals surface area contributed by atoms with Crippen LogP contribution in [0, 0.1) is 12.8 Å². The van der Waals surface area contributed by atoms with Gasteiger partial charge in [-0.05, 0) is 42.4 Å². The molecule has 0 spiro atoms. The average molecular weight is 278 g/mol. The molecule has 20 heavy (non-hydrogen) atoms. The van der Waals surface area contributed by atoms with Gasteiger partial charge < -0.3 is 9.47 Å². The Morgan fingerprint density at radius 3 is 1.95 bits per heavy atom. The predicted molar refractivity (Wildman–Crippen MR) is 86.0 cm³/mol. The van der Waals surface area contributed by atoms with Gasteiger partial charge in [0.25, 0.3) is 0 Å². The molecule has 1 rings (SSSR count). The van der Waals surface area contributed by atoms with Crippen molar-refractivity contribution < 1.29 is 9.47 Å². The number of benzene rings is 1. The summed E-state index contributed by atoms with van der Waals surface area (Å²) in [7, 11) is 3.44. The van der Waals surface area contributed by atoms with E-state index in [2.05, 4.69) is 39.8 Å². The molecule has 0 bridgehead atoms. The standard InChI is InChI=1S/C18H30O2/c1-13(2)9-8-10-18(4,5)15-11-16(19-6)14(3)17(12-15)20-7/h11-13H,8-10H2,1-7H3. The molecule has 0 fully saturated rings. The van der Waals surface area contributed by atoms with E-state index >= 15 is 0 Å². The first-order chi connectivity index (χ1) is 9.31. The zero-order valence-electron chi connectivity index (χ0n) is 14.2. The van der Waals surface area contributed by atoms with Crippen molar-refractivity contribution >= 4 is 0 Å². The van der Waals surface area contributed by atoms with Crippen molar-refractivity contribution in [2.75, 3.05) is 14.2 Å². The van der Waals surface area contributed by atoms with Crippen LogP contribution in [-0.2, 0) is 5.41 Å². The zero-order chi connectivity index (χ0) is 15.3. The number of hydrogen-bond acceptors (Lipinski definition) is 2. The molecule has 0 saturated heterocycles. The van der Waals surface area contributed by atoms with Crippen molar-refractivity contribution in [2.45, 2.75) is 59.3 Å². The molecule has 1 aromatic rings. The van der Waals surface area contributed by atoms with Gasteiger partial charge in [0.15, 0.2) is 0 Å². The summed E-state index contributed by atoms with van der Waals surface area (Å²) in [6.07, 6.45) is 3.72. The van der Waals surface area contributed by atoms with E-state index < -0.39 is 0 Å². The largest absolute Gasteiger partial charge is 0.496 e. The molecule has 0 amide bonds. The van der Waals surface area contributed by atoms with Gasteiger partial charge in [0.2, 0.25) is 0 Å². The second-order valence-electron chi connectivity index (χ2n) is 6.68. The van der Waals surface area contributed by atoms with E-state index in [1.54, 1.807) is 14.2 Å². The van der Waals surface area contributed by atoms with E-state index in [1.807, 2.05) is 6.92 Å². The minimum atomic E-state index is 0.142. The molecule has 0 saturated carbocycles. The van der Waals surface area contributed by atoms with Crippen LogP contribution in [0.4, 0.5) is 0 Å². The van der Waals surface area contributed by atoms with E-state index in [1.165, 1.54) is 24.8 Å². The van der Waals surface area contributed by atoms with Crippen molar-refractivity contribution in [3.8, 4) is 11.5 Å². The minimum absolute atomic E-state index is 0.142. The first kappa shape index (κ1) is 16.9.